The lowest BCUT2D eigenvalue weighted by Crippen LogP contribution is -2.25. The van der Waals surface area contributed by atoms with Crippen LogP contribution in [0, 0.1) is 0 Å². The van der Waals surface area contributed by atoms with Crippen molar-refractivity contribution in [3.63, 3.8) is 0 Å². The second-order valence-electron chi connectivity index (χ2n) is 6.40. The zero-order valence-electron chi connectivity index (χ0n) is 15.7. The minimum Gasteiger partial charge on any atom is -0.352 e. The van der Waals surface area contributed by atoms with Gasteiger partial charge in [-0.3, -0.25) is 9.59 Å². The van der Waals surface area contributed by atoms with E-state index in [2.05, 4.69) is 32.7 Å². The fourth-order valence-corrected chi connectivity index (χ4v) is 2.70. The van der Waals surface area contributed by atoms with Crippen LogP contribution in [0.1, 0.15) is 39.6 Å². The van der Waals surface area contributed by atoms with Gasteiger partial charge in [-0.25, -0.2) is 9.97 Å². The number of anilines is 2. The summed E-state index contributed by atoms with van der Waals surface area (Å²) in [4.78, 5) is 32.0. The van der Waals surface area contributed by atoms with Crippen LogP contribution in [0.15, 0.2) is 67.0 Å². The quantitative estimate of drug-likeness (QED) is 0.463. The second kappa shape index (κ2) is 9.41. The summed E-state index contributed by atoms with van der Waals surface area (Å²) in [6, 6.07) is 17.3. The summed E-state index contributed by atoms with van der Waals surface area (Å²) in [7, 11) is 0. The molecular formula is C22H22N4O2. The zero-order chi connectivity index (χ0) is 19.8. The van der Waals surface area contributed by atoms with E-state index in [1.54, 1.807) is 18.2 Å². The van der Waals surface area contributed by atoms with E-state index in [0.717, 1.165) is 12.8 Å². The number of rotatable bonds is 8. The average molecular weight is 374 g/mol. The molecule has 1 amide bonds. The molecule has 0 aliphatic carbocycles. The molecule has 1 aromatic heterocycles. The normalized spacial score (nSPS) is 10.3. The third-order valence-corrected chi connectivity index (χ3v) is 4.21. The van der Waals surface area contributed by atoms with E-state index in [9.17, 15) is 9.59 Å². The predicted octanol–water partition coefficient (Wildman–Crippen LogP) is 3.79. The van der Waals surface area contributed by atoms with Gasteiger partial charge in [0.2, 0.25) is 5.95 Å². The van der Waals surface area contributed by atoms with Gasteiger partial charge in [0.15, 0.2) is 5.78 Å². The molecule has 0 saturated heterocycles. The first kappa shape index (κ1) is 19.2. The van der Waals surface area contributed by atoms with Crippen molar-refractivity contribution in [2.24, 2.45) is 0 Å². The summed E-state index contributed by atoms with van der Waals surface area (Å²) < 4.78 is 0. The average Bonchev–Trinajstić information content (AvgIpc) is 2.72. The maximum atomic E-state index is 12.2. The zero-order valence-corrected chi connectivity index (χ0v) is 15.7. The van der Waals surface area contributed by atoms with Gasteiger partial charge in [0.05, 0.1) is 5.56 Å². The van der Waals surface area contributed by atoms with E-state index < -0.39 is 0 Å². The Morgan fingerprint density at radius 2 is 1.68 bits per heavy atom. The number of hydrogen-bond donors (Lipinski definition) is 2. The maximum Gasteiger partial charge on any atom is 0.254 e. The van der Waals surface area contributed by atoms with E-state index >= 15 is 0 Å². The first-order valence-corrected chi connectivity index (χ1v) is 9.14. The molecule has 0 aliphatic rings. The van der Waals surface area contributed by atoms with Gasteiger partial charge >= 0.3 is 0 Å². The number of Topliss-reactive ketones (excluding diaryl/α,β-unsaturated/α-hetero) is 1. The third-order valence-electron chi connectivity index (χ3n) is 4.21. The second-order valence-corrected chi connectivity index (χ2v) is 6.40. The minimum absolute atomic E-state index is 0.0103. The molecule has 1 heterocycles. The standard InChI is InChI=1S/C22H22N4O2/c1-16(27)18-10-5-11-20(13-18)26-22-24-14-19(15-25-22)21(28)23-12-6-9-17-7-3-2-4-8-17/h2-5,7-8,10-11,13-15H,6,9,12H2,1H3,(H,23,28)(H,24,25,26). The van der Waals surface area contributed by atoms with Crippen LogP contribution in [0.25, 0.3) is 0 Å². The lowest BCUT2D eigenvalue weighted by Gasteiger charge is -2.07. The van der Waals surface area contributed by atoms with Crippen LogP contribution in [-0.4, -0.2) is 28.2 Å². The Hall–Kier alpha value is -3.54. The molecule has 142 valence electrons. The summed E-state index contributed by atoms with van der Waals surface area (Å²) >= 11 is 0. The van der Waals surface area contributed by atoms with Crippen LogP contribution in [0.3, 0.4) is 0 Å². The van der Waals surface area contributed by atoms with Crippen molar-refractivity contribution in [3.8, 4) is 0 Å². The molecule has 2 N–H and O–H groups in total. The van der Waals surface area contributed by atoms with Gasteiger partial charge in [-0.15, -0.1) is 0 Å². The van der Waals surface area contributed by atoms with Crippen LogP contribution in [0.5, 0.6) is 0 Å². The monoisotopic (exact) mass is 374 g/mol. The molecule has 2 aromatic carbocycles. The van der Waals surface area contributed by atoms with E-state index in [1.165, 1.54) is 24.9 Å². The largest absolute Gasteiger partial charge is 0.352 e. The number of carbonyl (C=O) groups excluding carboxylic acids is 2. The van der Waals surface area contributed by atoms with E-state index in [4.69, 9.17) is 0 Å². The van der Waals surface area contributed by atoms with Gasteiger partial charge in [-0.1, -0.05) is 42.5 Å². The topological polar surface area (TPSA) is 84.0 Å². The number of aryl methyl sites for hydroxylation is 1. The maximum absolute atomic E-state index is 12.2. The Labute approximate surface area is 164 Å². The summed E-state index contributed by atoms with van der Waals surface area (Å²) in [5, 5.41) is 5.91. The lowest BCUT2D eigenvalue weighted by molar-refractivity contribution is 0.0951. The van der Waals surface area contributed by atoms with Crippen molar-refractivity contribution in [2.45, 2.75) is 19.8 Å². The lowest BCUT2D eigenvalue weighted by atomic mass is 10.1. The molecule has 0 atom stereocenters. The highest BCUT2D eigenvalue weighted by Gasteiger charge is 2.07. The molecular weight excluding hydrogens is 352 g/mol. The van der Waals surface area contributed by atoms with Crippen LogP contribution in [0.2, 0.25) is 0 Å². The fourth-order valence-electron chi connectivity index (χ4n) is 2.70. The summed E-state index contributed by atoms with van der Waals surface area (Å²) in [6.07, 6.45) is 4.75. The van der Waals surface area contributed by atoms with Crippen molar-refractivity contribution in [2.75, 3.05) is 11.9 Å². The van der Waals surface area contributed by atoms with Gasteiger partial charge in [0.1, 0.15) is 0 Å². The van der Waals surface area contributed by atoms with Gasteiger partial charge in [0, 0.05) is 30.2 Å². The molecule has 0 saturated carbocycles. The van der Waals surface area contributed by atoms with Crippen LogP contribution < -0.4 is 10.6 Å². The molecule has 3 aromatic rings. The van der Waals surface area contributed by atoms with E-state index in [-0.39, 0.29) is 11.7 Å². The number of amides is 1. The predicted molar refractivity (Wildman–Crippen MR) is 109 cm³/mol. The van der Waals surface area contributed by atoms with Crippen molar-refractivity contribution >= 4 is 23.3 Å². The summed E-state index contributed by atoms with van der Waals surface area (Å²) in [5.74, 6) is 0.156. The van der Waals surface area contributed by atoms with Crippen molar-refractivity contribution in [3.05, 3.63) is 83.7 Å². The first-order chi connectivity index (χ1) is 13.6. The SMILES string of the molecule is CC(=O)c1cccc(Nc2ncc(C(=O)NCCCc3ccccc3)cn2)c1. The number of benzene rings is 2. The molecule has 0 unspecified atom stereocenters. The molecule has 0 radical (unpaired) electrons. The molecule has 0 spiro atoms. The highest BCUT2D eigenvalue weighted by molar-refractivity contribution is 5.95. The number of ketones is 1. The Morgan fingerprint density at radius 3 is 2.39 bits per heavy atom. The van der Waals surface area contributed by atoms with Gasteiger partial charge in [0.25, 0.3) is 5.91 Å². The highest BCUT2D eigenvalue weighted by atomic mass is 16.1. The molecule has 28 heavy (non-hydrogen) atoms. The Balaban J connectivity index is 1.50. The van der Waals surface area contributed by atoms with Crippen molar-refractivity contribution in [1.29, 1.82) is 0 Å². The minimum atomic E-state index is -0.196. The molecule has 6 nitrogen and oxygen atoms in total. The Morgan fingerprint density at radius 1 is 0.929 bits per heavy atom. The Kier molecular flexibility index (Phi) is 6.46. The molecule has 0 fully saturated rings. The fraction of sp³-hybridized carbons (Fsp3) is 0.182. The van der Waals surface area contributed by atoms with E-state index in [1.807, 2.05) is 24.3 Å². The van der Waals surface area contributed by atoms with Gasteiger partial charge in [-0.2, -0.15) is 0 Å². The number of carbonyl (C=O) groups is 2. The van der Waals surface area contributed by atoms with Crippen molar-refractivity contribution < 1.29 is 9.59 Å². The van der Waals surface area contributed by atoms with Crippen LogP contribution in [0.4, 0.5) is 11.6 Å². The highest BCUT2D eigenvalue weighted by Crippen LogP contribution is 2.15. The number of nitrogens with one attached hydrogen (secondary N) is 2. The molecule has 0 bridgehead atoms. The van der Waals surface area contributed by atoms with Crippen LogP contribution >= 0.6 is 0 Å². The number of hydrogen-bond acceptors (Lipinski definition) is 5. The number of nitrogens with zero attached hydrogens (tertiary/aromatic N) is 2. The molecule has 0 aliphatic heterocycles. The molecule has 3 rings (SSSR count). The van der Waals surface area contributed by atoms with Gasteiger partial charge in [-0.05, 0) is 37.5 Å². The van der Waals surface area contributed by atoms with Crippen LogP contribution in [-0.2, 0) is 6.42 Å². The van der Waals surface area contributed by atoms with Crippen molar-refractivity contribution in [1.82, 2.24) is 15.3 Å². The summed E-state index contributed by atoms with van der Waals surface area (Å²) in [6.45, 7) is 2.11. The summed E-state index contributed by atoms with van der Waals surface area (Å²) in [5.41, 5.74) is 2.98. The third kappa shape index (κ3) is 5.48. The van der Waals surface area contributed by atoms with Gasteiger partial charge < -0.3 is 10.6 Å². The Bertz CT molecular complexity index is 940. The number of aromatic nitrogens is 2. The smallest absolute Gasteiger partial charge is 0.254 e. The first-order valence-electron chi connectivity index (χ1n) is 9.14. The molecule has 6 heteroatoms. The van der Waals surface area contributed by atoms with E-state index in [0.29, 0.717) is 29.3 Å².